The van der Waals surface area contributed by atoms with E-state index >= 15 is 0 Å². The summed E-state index contributed by atoms with van der Waals surface area (Å²) in [5, 5.41) is 19.0. The summed E-state index contributed by atoms with van der Waals surface area (Å²) >= 11 is 5.81. The molecule has 0 aliphatic heterocycles. The van der Waals surface area contributed by atoms with Crippen LogP contribution in [0, 0.1) is 0 Å². The molecule has 0 spiro atoms. The van der Waals surface area contributed by atoms with Crippen LogP contribution in [-0.2, 0) is 0 Å². The second-order valence-corrected chi connectivity index (χ2v) is 3.08. The van der Waals surface area contributed by atoms with Crippen molar-refractivity contribution in [1.29, 1.82) is 0 Å². The lowest BCUT2D eigenvalue weighted by atomic mass is 9.81. The summed E-state index contributed by atoms with van der Waals surface area (Å²) in [7, 11) is -1.51. The lowest BCUT2D eigenvalue weighted by Gasteiger charge is -1.97. The third kappa shape index (κ3) is 1.41. The van der Waals surface area contributed by atoms with Crippen LogP contribution in [0.4, 0.5) is 0 Å². The molecule has 3 N–H and O–H groups in total. The Bertz CT molecular complexity index is 443. The Hall–Kier alpha value is -1.04. The number of aromatic nitrogens is 2. The first-order valence-corrected chi connectivity index (χ1v) is 4.05. The van der Waals surface area contributed by atoms with Crippen LogP contribution in [0.15, 0.2) is 18.5 Å². The van der Waals surface area contributed by atoms with Crippen molar-refractivity contribution in [1.82, 2.24) is 9.97 Å². The Morgan fingerprint density at radius 3 is 2.92 bits per heavy atom. The highest BCUT2D eigenvalue weighted by Crippen LogP contribution is 2.19. The van der Waals surface area contributed by atoms with Gasteiger partial charge in [-0.25, -0.2) is 4.98 Å². The van der Waals surface area contributed by atoms with Gasteiger partial charge in [-0.15, -0.1) is 0 Å². The van der Waals surface area contributed by atoms with Crippen LogP contribution < -0.4 is 5.46 Å². The quantitative estimate of drug-likeness (QED) is 0.558. The van der Waals surface area contributed by atoms with Gasteiger partial charge in [0.15, 0.2) is 0 Å². The fraction of sp³-hybridized carbons (Fsp3) is 0. The number of aromatic amines is 1. The van der Waals surface area contributed by atoms with Gasteiger partial charge in [0, 0.05) is 23.2 Å². The third-order valence-corrected chi connectivity index (χ3v) is 2.11. The number of halogens is 1. The summed E-state index contributed by atoms with van der Waals surface area (Å²) in [5.74, 6) is 0. The van der Waals surface area contributed by atoms with Gasteiger partial charge in [-0.05, 0) is 6.07 Å². The molecular formula is C7H6BClN2O2. The Labute approximate surface area is 79.3 Å². The highest BCUT2D eigenvalue weighted by Gasteiger charge is 2.13. The predicted octanol–water partition coefficient (Wildman–Crippen LogP) is -0.104. The minimum absolute atomic E-state index is 0.328. The van der Waals surface area contributed by atoms with Gasteiger partial charge in [0.05, 0.1) is 5.02 Å². The molecule has 2 aromatic rings. The van der Waals surface area contributed by atoms with E-state index in [1.807, 2.05) is 0 Å². The van der Waals surface area contributed by atoms with Crippen molar-refractivity contribution in [2.45, 2.75) is 0 Å². The van der Waals surface area contributed by atoms with E-state index in [0.717, 1.165) is 0 Å². The minimum Gasteiger partial charge on any atom is -0.423 e. The average molecular weight is 196 g/mol. The number of rotatable bonds is 1. The number of nitrogens with zero attached hydrogens (tertiary/aromatic N) is 1. The van der Waals surface area contributed by atoms with E-state index < -0.39 is 7.12 Å². The summed E-state index contributed by atoms with van der Waals surface area (Å²) in [6.07, 6.45) is 2.99. The van der Waals surface area contributed by atoms with E-state index in [-0.39, 0.29) is 0 Å². The van der Waals surface area contributed by atoms with Gasteiger partial charge in [0.1, 0.15) is 5.65 Å². The standard InChI is InChI=1S/C7H6BClN2O2/c9-6-3-11-7-5(6)1-4(2-10-7)8(12)13/h1-3,12-13H,(H,10,11). The van der Waals surface area contributed by atoms with E-state index in [1.165, 1.54) is 6.20 Å². The van der Waals surface area contributed by atoms with Crippen LogP contribution in [0.2, 0.25) is 5.02 Å². The van der Waals surface area contributed by atoms with Gasteiger partial charge in [-0.3, -0.25) is 0 Å². The molecule has 66 valence electrons. The lowest BCUT2D eigenvalue weighted by molar-refractivity contribution is 0.425. The molecule has 0 atom stereocenters. The van der Waals surface area contributed by atoms with Crippen LogP contribution in [0.5, 0.6) is 0 Å². The first kappa shape index (κ1) is 8.56. The normalized spacial score (nSPS) is 10.7. The highest BCUT2D eigenvalue weighted by molar-refractivity contribution is 6.58. The van der Waals surface area contributed by atoms with Gasteiger partial charge >= 0.3 is 7.12 Å². The van der Waals surface area contributed by atoms with E-state index in [4.69, 9.17) is 21.6 Å². The molecule has 4 nitrogen and oxygen atoms in total. The molecule has 2 heterocycles. The fourth-order valence-corrected chi connectivity index (χ4v) is 1.33. The van der Waals surface area contributed by atoms with E-state index in [2.05, 4.69) is 9.97 Å². The number of pyridine rings is 1. The molecular weight excluding hydrogens is 190 g/mol. The predicted molar refractivity (Wildman–Crippen MR) is 50.9 cm³/mol. The maximum absolute atomic E-state index is 8.87. The molecule has 2 aromatic heterocycles. The molecule has 0 saturated heterocycles. The minimum atomic E-state index is -1.51. The molecule has 0 aliphatic carbocycles. The number of hydrogen-bond donors (Lipinski definition) is 3. The molecule has 0 radical (unpaired) electrons. The second-order valence-electron chi connectivity index (χ2n) is 2.68. The summed E-state index contributed by atoms with van der Waals surface area (Å²) in [4.78, 5) is 6.81. The van der Waals surface area contributed by atoms with Crippen molar-refractivity contribution >= 4 is 35.2 Å². The molecule has 0 saturated carbocycles. The first-order chi connectivity index (χ1) is 6.18. The van der Waals surface area contributed by atoms with Crippen LogP contribution in [0.3, 0.4) is 0 Å². The Morgan fingerprint density at radius 1 is 1.46 bits per heavy atom. The van der Waals surface area contributed by atoms with Crippen LogP contribution in [0.1, 0.15) is 0 Å². The first-order valence-electron chi connectivity index (χ1n) is 3.67. The maximum Gasteiger partial charge on any atom is 0.490 e. The van der Waals surface area contributed by atoms with Gasteiger partial charge in [0.25, 0.3) is 0 Å². The molecule has 6 heteroatoms. The van der Waals surface area contributed by atoms with Crippen molar-refractivity contribution in [2.75, 3.05) is 0 Å². The summed E-state index contributed by atoms with van der Waals surface area (Å²) in [6.45, 7) is 0. The number of fused-ring (bicyclic) bond motifs is 1. The zero-order valence-corrected chi connectivity index (χ0v) is 7.28. The topological polar surface area (TPSA) is 69.1 Å². The van der Waals surface area contributed by atoms with Crippen LogP contribution >= 0.6 is 11.6 Å². The molecule has 13 heavy (non-hydrogen) atoms. The summed E-state index contributed by atoms with van der Waals surface area (Å²) < 4.78 is 0. The van der Waals surface area contributed by atoms with Crippen molar-refractivity contribution in [3.05, 3.63) is 23.5 Å². The summed E-state index contributed by atoms with van der Waals surface area (Å²) in [6, 6.07) is 1.59. The van der Waals surface area contributed by atoms with Crippen LogP contribution in [-0.4, -0.2) is 27.1 Å². The number of hydrogen-bond acceptors (Lipinski definition) is 3. The maximum atomic E-state index is 8.87. The Kier molecular flexibility index (Phi) is 1.99. The van der Waals surface area contributed by atoms with Crippen molar-refractivity contribution in [2.24, 2.45) is 0 Å². The van der Waals surface area contributed by atoms with Gasteiger partial charge in [0.2, 0.25) is 0 Å². The Morgan fingerprint density at radius 2 is 2.23 bits per heavy atom. The van der Waals surface area contributed by atoms with Gasteiger partial charge < -0.3 is 15.0 Å². The van der Waals surface area contributed by atoms with E-state index in [1.54, 1.807) is 12.3 Å². The molecule has 0 unspecified atom stereocenters. The highest BCUT2D eigenvalue weighted by atomic mass is 35.5. The molecule has 0 amide bonds. The molecule has 0 aromatic carbocycles. The fourth-order valence-electron chi connectivity index (χ4n) is 1.13. The van der Waals surface area contributed by atoms with Gasteiger partial charge in [-0.1, -0.05) is 11.6 Å². The Balaban J connectivity index is 2.66. The van der Waals surface area contributed by atoms with Crippen LogP contribution in [0.25, 0.3) is 11.0 Å². The summed E-state index contributed by atoms with van der Waals surface area (Å²) in [5.41, 5.74) is 0.961. The smallest absolute Gasteiger partial charge is 0.423 e. The molecule has 0 aliphatic rings. The average Bonchev–Trinajstić information content (AvgIpc) is 2.47. The number of H-pyrrole nitrogens is 1. The van der Waals surface area contributed by atoms with Gasteiger partial charge in [-0.2, -0.15) is 0 Å². The van der Waals surface area contributed by atoms with E-state index in [0.29, 0.717) is 21.5 Å². The zero-order valence-electron chi connectivity index (χ0n) is 6.53. The van der Waals surface area contributed by atoms with Crippen molar-refractivity contribution < 1.29 is 10.0 Å². The van der Waals surface area contributed by atoms with Crippen molar-refractivity contribution in [3.63, 3.8) is 0 Å². The van der Waals surface area contributed by atoms with E-state index in [9.17, 15) is 0 Å². The lowest BCUT2D eigenvalue weighted by Crippen LogP contribution is -2.29. The zero-order chi connectivity index (χ0) is 9.42. The van der Waals surface area contributed by atoms with Crippen molar-refractivity contribution in [3.8, 4) is 0 Å². The molecule has 0 bridgehead atoms. The monoisotopic (exact) mass is 196 g/mol. The second kappa shape index (κ2) is 3.03. The SMILES string of the molecule is OB(O)c1cnc2[nH]cc(Cl)c2c1. The molecule has 0 fully saturated rings. The largest absolute Gasteiger partial charge is 0.490 e. The number of nitrogens with one attached hydrogen (secondary N) is 1. The third-order valence-electron chi connectivity index (χ3n) is 1.80. The molecule has 2 rings (SSSR count).